The van der Waals surface area contributed by atoms with Crippen LogP contribution in [0.5, 0.6) is 0 Å². The van der Waals surface area contributed by atoms with Gasteiger partial charge in [-0.1, -0.05) is 166 Å². The molecule has 1 heterocycles. The summed E-state index contributed by atoms with van der Waals surface area (Å²) < 4.78 is 13.2. The van der Waals surface area contributed by atoms with Crippen molar-refractivity contribution in [1.82, 2.24) is 0 Å². The van der Waals surface area contributed by atoms with Crippen molar-refractivity contribution in [3.63, 3.8) is 0 Å². The largest absolute Gasteiger partial charge is 0.350 e. The highest BCUT2D eigenvalue weighted by Crippen LogP contribution is 2.34. The number of hydrogen-bond donors (Lipinski definition) is 0. The number of allylic oxidation sites excluding steroid dienone is 8. The van der Waals surface area contributed by atoms with Gasteiger partial charge in [-0.2, -0.15) is 0 Å². The summed E-state index contributed by atoms with van der Waals surface area (Å²) in [5, 5.41) is 0. The van der Waals surface area contributed by atoms with Crippen LogP contribution in [-0.4, -0.2) is 19.0 Å². The third-order valence-electron chi connectivity index (χ3n) is 9.90. The van der Waals surface area contributed by atoms with Crippen molar-refractivity contribution in [3.05, 3.63) is 48.6 Å². The first-order valence-electron chi connectivity index (χ1n) is 21.1. The van der Waals surface area contributed by atoms with Crippen LogP contribution in [0.3, 0.4) is 0 Å². The van der Waals surface area contributed by atoms with E-state index in [-0.39, 0.29) is 5.79 Å². The Kier molecular flexibility index (Phi) is 32.4. The number of ether oxygens (including phenoxy) is 2. The van der Waals surface area contributed by atoms with Gasteiger partial charge in [0.2, 0.25) is 0 Å². The first-order chi connectivity index (χ1) is 23.3. The van der Waals surface area contributed by atoms with Gasteiger partial charge < -0.3 is 9.47 Å². The normalized spacial score (nSPS) is 15.8. The van der Waals surface area contributed by atoms with Crippen LogP contribution in [0.4, 0.5) is 0 Å². The molecule has 1 aliphatic heterocycles. The molecule has 2 heteroatoms. The lowest BCUT2D eigenvalue weighted by Gasteiger charge is -2.41. The predicted octanol–water partition coefficient (Wildman–Crippen LogP) is 15.3. The monoisotopic (exact) mass is 655 g/mol. The van der Waals surface area contributed by atoms with Gasteiger partial charge in [0.1, 0.15) is 0 Å². The Balaban J connectivity index is 2.18. The molecule has 0 unspecified atom stereocenters. The zero-order valence-corrected chi connectivity index (χ0v) is 32.1. The van der Waals surface area contributed by atoms with Crippen molar-refractivity contribution in [2.45, 2.75) is 219 Å². The van der Waals surface area contributed by atoms with Crippen LogP contribution in [-0.2, 0) is 9.47 Å². The van der Waals surface area contributed by atoms with Gasteiger partial charge in [-0.3, -0.25) is 0 Å². The van der Waals surface area contributed by atoms with Crippen molar-refractivity contribution >= 4 is 0 Å². The number of rotatable bonds is 34. The third-order valence-corrected chi connectivity index (χ3v) is 9.90. The average molecular weight is 655 g/mol. The molecule has 0 N–H and O–H groups in total. The molecule has 1 aliphatic rings. The fourth-order valence-corrected chi connectivity index (χ4v) is 6.66. The summed E-state index contributed by atoms with van der Waals surface area (Å²) in [5.74, 6) is 0.299. The SMILES string of the molecule is CCCCC/C=C\C/C=C\CCCCCCCCC1(CCCCCCCC/C=C\C/C=C\CCCCC)OCC(CCCCC)CO1. The van der Waals surface area contributed by atoms with E-state index < -0.39 is 0 Å². The molecule has 0 atom stereocenters. The van der Waals surface area contributed by atoms with Crippen molar-refractivity contribution < 1.29 is 9.47 Å². The van der Waals surface area contributed by atoms with E-state index in [0.717, 1.165) is 38.9 Å². The van der Waals surface area contributed by atoms with E-state index in [9.17, 15) is 0 Å². The minimum Gasteiger partial charge on any atom is -0.350 e. The maximum Gasteiger partial charge on any atom is 0.168 e. The second-order valence-electron chi connectivity index (χ2n) is 14.6. The molecule has 0 amide bonds. The molecule has 0 spiro atoms. The van der Waals surface area contributed by atoms with Crippen LogP contribution < -0.4 is 0 Å². The number of unbranched alkanes of at least 4 members (excludes halogenated alkanes) is 20. The highest BCUT2D eigenvalue weighted by molar-refractivity contribution is 4.93. The molecular formula is C45H82O2. The van der Waals surface area contributed by atoms with Crippen LogP contribution >= 0.6 is 0 Å². The summed E-state index contributed by atoms with van der Waals surface area (Å²) in [6.45, 7) is 8.65. The van der Waals surface area contributed by atoms with Gasteiger partial charge in [-0.05, 0) is 83.5 Å². The van der Waals surface area contributed by atoms with E-state index in [4.69, 9.17) is 9.47 Å². The van der Waals surface area contributed by atoms with Crippen molar-refractivity contribution in [2.24, 2.45) is 5.92 Å². The summed E-state index contributed by atoms with van der Waals surface area (Å²) in [7, 11) is 0. The highest BCUT2D eigenvalue weighted by atomic mass is 16.7. The molecule has 2 nitrogen and oxygen atoms in total. The Labute approximate surface area is 295 Å². The third kappa shape index (κ3) is 28.4. The van der Waals surface area contributed by atoms with E-state index in [1.54, 1.807) is 0 Å². The standard InChI is InChI=1S/C45H82O2/c1-4-7-10-12-14-16-18-20-22-24-26-28-30-32-34-37-40-45(46-42-44(43-47-45)39-36-9-6-3)41-38-35-33-31-29-27-25-23-21-19-17-15-13-11-8-5-2/h14-17,20-23,44H,4-13,18-19,24-43H2,1-3H3/b16-14-,17-15-,22-20-,23-21-. The molecule has 0 bridgehead atoms. The summed E-state index contributed by atoms with van der Waals surface area (Å²) in [6.07, 6.45) is 57.4. The van der Waals surface area contributed by atoms with E-state index in [1.807, 2.05) is 0 Å². The molecule has 0 aromatic carbocycles. The Morgan fingerprint density at radius 3 is 1.15 bits per heavy atom. The van der Waals surface area contributed by atoms with Gasteiger partial charge in [0.05, 0.1) is 13.2 Å². The molecule has 1 saturated heterocycles. The summed E-state index contributed by atoms with van der Waals surface area (Å²) in [4.78, 5) is 0. The van der Waals surface area contributed by atoms with Gasteiger partial charge in [0.15, 0.2) is 5.79 Å². The lowest BCUT2D eigenvalue weighted by molar-refractivity contribution is -0.290. The van der Waals surface area contributed by atoms with Crippen LogP contribution in [0.2, 0.25) is 0 Å². The van der Waals surface area contributed by atoms with Gasteiger partial charge in [0.25, 0.3) is 0 Å². The molecule has 0 aromatic heterocycles. The lowest BCUT2D eigenvalue weighted by atomic mass is 9.96. The number of hydrogen-bond acceptors (Lipinski definition) is 2. The van der Waals surface area contributed by atoms with E-state index in [1.165, 1.54) is 167 Å². The van der Waals surface area contributed by atoms with E-state index in [0.29, 0.717) is 5.92 Å². The summed E-state index contributed by atoms with van der Waals surface area (Å²) >= 11 is 0. The van der Waals surface area contributed by atoms with Crippen LogP contribution in [0.15, 0.2) is 48.6 Å². The molecule has 274 valence electrons. The smallest absolute Gasteiger partial charge is 0.168 e. The lowest BCUT2D eigenvalue weighted by Crippen LogP contribution is -2.44. The Bertz CT molecular complexity index is 689. The summed E-state index contributed by atoms with van der Waals surface area (Å²) in [5.41, 5.74) is 0. The first-order valence-corrected chi connectivity index (χ1v) is 21.1. The maximum atomic E-state index is 6.61. The molecule has 47 heavy (non-hydrogen) atoms. The Hall–Kier alpha value is -1.12. The highest BCUT2D eigenvalue weighted by Gasteiger charge is 2.36. The Morgan fingerprint density at radius 1 is 0.404 bits per heavy atom. The first kappa shape index (κ1) is 43.9. The minimum atomic E-state index is -0.300. The van der Waals surface area contributed by atoms with E-state index >= 15 is 0 Å². The van der Waals surface area contributed by atoms with Crippen molar-refractivity contribution in [1.29, 1.82) is 0 Å². The second-order valence-corrected chi connectivity index (χ2v) is 14.6. The van der Waals surface area contributed by atoms with Gasteiger partial charge in [0, 0.05) is 18.8 Å². The van der Waals surface area contributed by atoms with Crippen molar-refractivity contribution in [3.8, 4) is 0 Å². The molecule has 1 fully saturated rings. The zero-order chi connectivity index (χ0) is 33.8. The molecule has 0 radical (unpaired) electrons. The molecule has 0 aromatic rings. The zero-order valence-electron chi connectivity index (χ0n) is 32.1. The van der Waals surface area contributed by atoms with Gasteiger partial charge in [-0.15, -0.1) is 0 Å². The van der Waals surface area contributed by atoms with Crippen LogP contribution in [0, 0.1) is 5.92 Å². The predicted molar refractivity (Wildman–Crippen MR) is 210 cm³/mol. The minimum absolute atomic E-state index is 0.300. The fourth-order valence-electron chi connectivity index (χ4n) is 6.66. The fraction of sp³-hybridized carbons (Fsp3) is 0.822. The topological polar surface area (TPSA) is 18.5 Å². The average Bonchev–Trinajstić information content (AvgIpc) is 3.09. The van der Waals surface area contributed by atoms with Crippen molar-refractivity contribution in [2.75, 3.05) is 13.2 Å². The Morgan fingerprint density at radius 2 is 0.745 bits per heavy atom. The summed E-state index contributed by atoms with van der Waals surface area (Å²) in [6, 6.07) is 0. The second kappa shape index (κ2) is 34.7. The van der Waals surface area contributed by atoms with Gasteiger partial charge in [-0.25, -0.2) is 0 Å². The maximum absolute atomic E-state index is 6.61. The van der Waals surface area contributed by atoms with E-state index in [2.05, 4.69) is 69.4 Å². The molecule has 1 rings (SSSR count). The molecule has 0 aliphatic carbocycles. The van der Waals surface area contributed by atoms with Crippen LogP contribution in [0.25, 0.3) is 0 Å². The quantitative estimate of drug-likeness (QED) is 0.0508. The van der Waals surface area contributed by atoms with Crippen LogP contribution in [0.1, 0.15) is 213 Å². The molecular weight excluding hydrogens is 572 g/mol. The molecule has 0 saturated carbocycles. The van der Waals surface area contributed by atoms with Gasteiger partial charge >= 0.3 is 0 Å².